The molecule has 0 aliphatic heterocycles. The van der Waals surface area contributed by atoms with Crippen LogP contribution in [0.3, 0.4) is 0 Å². The Labute approximate surface area is 148 Å². The van der Waals surface area contributed by atoms with Crippen LogP contribution in [0.15, 0.2) is 0 Å². The van der Waals surface area contributed by atoms with Crippen LogP contribution in [0.5, 0.6) is 0 Å². The summed E-state index contributed by atoms with van der Waals surface area (Å²) < 4.78 is 33.8. The van der Waals surface area contributed by atoms with Crippen LogP contribution in [0.25, 0.3) is 0 Å². The van der Waals surface area contributed by atoms with Gasteiger partial charge in [-0.1, -0.05) is 9.24 Å². The molecule has 0 spiro atoms. The maximum atomic E-state index is 13.9. The highest BCUT2D eigenvalue weighted by molar-refractivity contribution is 7.18. The minimum Gasteiger partial charge on any atom is -0.446 e. The number of hydrogen-bond donors (Lipinski definition) is 1. The van der Waals surface area contributed by atoms with Crippen molar-refractivity contribution in [1.82, 2.24) is 9.78 Å². The minimum absolute atomic E-state index is 0.0827. The number of carbonyl (C=O) groups is 1. The fourth-order valence-electron chi connectivity index (χ4n) is 3.80. The molecule has 3 saturated carbocycles. The Kier molecular flexibility index (Phi) is 4.25. The van der Waals surface area contributed by atoms with E-state index < -0.39 is 17.7 Å². The third-order valence-electron chi connectivity index (χ3n) is 5.69. The SMILES string of the molecule is Cc1c(C2CC(F)(P)C2)nn(C2CCC2)c1NC(=O)OC1CC(F)C1. The van der Waals surface area contributed by atoms with Crippen molar-refractivity contribution in [1.29, 1.82) is 0 Å². The molecule has 1 atom stereocenters. The van der Waals surface area contributed by atoms with Gasteiger partial charge in [0.1, 0.15) is 23.5 Å². The van der Waals surface area contributed by atoms with E-state index in [-0.39, 0.29) is 30.9 Å². The highest BCUT2D eigenvalue weighted by Crippen LogP contribution is 2.52. The topological polar surface area (TPSA) is 56.2 Å². The lowest BCUT2D eigenvalue weighted by Gasteiger charge is -2.37. The summed E-state index contributed by atoms with van der Waals surface area (Å²) in [6.45, 7) is 1.91. The first-order valence-electron chi connectivity index (χ1n) is 9.01. The maximum absolute atomic E-state index is 13.9. The summed E-state index contributed by atoms with van der Waals surface area (Å²) in [5.41, 5.74) is 1.75. The van der Waals surface area contributed by atoms with Crippen molar-refractivity contribution in [2.24, 2.45) is 0 Å². The summed E-state index contributed by atoms with van der Waals surface area (Å²) in [5.74, 6) is 0.722. The summed E-state index contributed by atoms with van der Waals surface area (Å²) in [4.78, 5) is 12.2. The van der Waals surface area contributed by atoms with E-state index in [2.05, 4.69) is 14.6 Å². The van der Waals surface area contributed by atoms with E-state index in [0.29, 0.717) is 18.7 Å². The average molecular weight is 371 g/mol. The number of alkyl halides is 2. The van der Waals surface area contributed by atoms with Crippen molar-refractivity contribution in [3.05, 3.63) is 11.3 Å². The lowest BCUT2D eigenvalue weighted by Crippen LogP contribution is -2.36. The second-order valence-electron chi connectivity index (χ2n) is 7.75. The minimum atomic E-state index is -1.20. The Morgan fingerprint density at radius 2 is 2.08 bits per heavy atom. The molecule has 3 aliphatic carbocycles. The Morgan fingerprint density at radius 1 is 1.40 bits per heavy atom. The average Bonchev–Trinajstić information content (AvgIpc) is 2.70. The lowest BCUT2D eigenvalue weighted by molar-refractivity contribution is 0.00913. The number of amides is 1. The zero-order chi connectivity index (χ0) is 17.8. The largest absolute Gasteiger partial charge is 0.446 e. The number of nitrogens with one attached hydrogen (secondary N) is 1. The molecule has 3 aliphatic rings. The first kappa shape index (κ1) is 17.2. The molecule has 1 aromatic heterocycles. The second kappa shape index (κ2) is 6.19. The summed E-state index contributed by atoms with van der Waals surface area (Å²) in [6, 6.07) is 0.271. The van der Waals surface area contributed by atoms with Gasteiger partial charge in [-0.3, -0.25) is 5.32 Å². The van der Waals surface area contributed by atoms with E-state index in [1.54, 1.807) is 0 Å². The predicted octanol–water partition coefficient (Wildman–Crippen LogP) is 4.38. The van der Waals surface area contributed by atoms with Gasteiger partial charge in [-0.15, -0.1) is 0 Å². The van der Waals surface area contributed by atoms with Crippen LogP contribution >= 0.6 is 9.24 Å². The number of anilines is 1. The third-order valence-corrected chi connectivity index (χ3v) is 6.17. The Bertz CT molecular complexity index is 676. The number of aromatic nitrogens is 2. The van der Waals surface area contributed by atoms with Gasteiger partial charge in [0.25, 0.3) is 0 Å². The van der Waals surface area contributed by atoms with Gasteiger partial charge in [-0.2, -0.15) is 5.10 Å². The quantitative estimate of drug-likeness (QED) is 0.799. The number of carbonyl (C=O) groups excluding carboxylic acids is 1. The van der Waals surface area contributed by atoms with Crippen LogP contribution in [-0.4, -0.2) is 33.6 Å². The van der Waals surface area contributed by atoms with E-state index >= 15 is 0 Å². The van der Waals surface area contributed by atoms with E-state index in [1.165, 1.54) is 0 Å². The van der Waals surface area contributed by atoms with Gasteiger partial charge < -0.3 is 4.74 Å². The van der Waals surface area contributed by atoms with Gasteiger partial charge in [-0.05, 0) is 39.0 Å². The van der Waals surface area contributed by atoms with Crippen LogP contribution < -0.4 is 5.32 Å². The van der Waals surface area contributed by atoms with Gasteiger partial charge >= 0.3 is 6.09 Å². The number of halogens is 2. The van der Waals surface area contributed by atoms with Crippen LogP contribution in [0.4, 0.5) is 19.4 Å². The Hall–Kier alpha value is -1.23. The van der Waals surface area contributed by atoms with Crippen molar-refractivity contribution in [3.8, 4) is 0 Å². The first-order chi connectivity index (χ1) is 11.8. The lowest BCUT2D eigenvalue weighted by atomic mass is 9.79. The van der Waals surface area contributed by atoms with E-state index in [0.717, 1.165) is 30.5 Å². The molecule has 0 bridgehead atoms. The normalized spacial score (nSPS) is 34.6. The molecule has 0 radical (unpaired) electrons. The zero-order valence-corrected chi connectivity index (χ0v) is 15.5. The molecule has 8 heteroatoms. The Morgan fingerprint density at radius 3 is 2.60 bits per heavy atom. The highest BCUT2D eigenvalue weighted by atomic mass is 31.0. The number of ether oxygens (including phenoxy) is 1. The summed E-state index contributed by atoms with van der Waals surface area (Å²) in [5, 5.41) is 6.31. The molecule has 1 amide bonds. The van der Waals surface area contributed by atoms with E-state index in [1.807, 2.05) is 11.6 Å². The van der Waals surface area contributed by atoms with Crippen molar-refractivity contribution in [2.75, 3.05) is 5.32 Å². The van der Waals surface area contributed by atoms with Crippen molar-refractivity contribution < 1.29 is 18.3 Å². The molecular weight excluding hydrogens is 347 g/mol. The van der Waals surface area contributed by atoms with Crippen LogP contribution in [-0.2, 0) is 4.74 Å². The van der Waals surface area contributed by atoms with Crippen molar-refractivity contribution in [2.45, 2.75) is 81.5 Å². The standard InChI is InChI=1S/C17H24F2N3O2P/c1-9-14(10-7-17(19,25)8-10)21-22(12-3-2-4-12)15(9)20-16(23)24-13-5-11(18)6-13/h10-13H,2-8,25H2,1H3,(H,20,23). The van der Waals surface area contributed by atoms with Gasteiger partial charge in [0.2, 0.25) is 0 Å². The van der Waals surface area contributed by atoms with Crippen LogP contribution in [0.1, 0.15) is 68.2 Å². The van der Waals surface area contributed by atoms with Gasteiger partial charge in [-0.25, -0.2) is 18.3 Å². The van der Waals surface area contributed by atoms with E-state index in [4.69, 9.17) is 9.84 Å². The molecule has 1 unspecified atom stereocenters. The van der Waals surface area contributed by atoms with Crippen LogP contribution in [0, 0.1) is 6.92 Å². The third kappa shape index (κ3) is 3.27. The van der Waals surface area contributed by atoms with Crippen molar-refractivity contribution in [3.63, 3.8) is 0 Å². The molecule has 5 nitrogen and oxygen atoms in total. The smallest absolute Gasteiger partial charge is 0.413 e. The molecule has 4 rings (SSSR count). The first-order valence-corrected chi connectivity index (χ1v) is 9.58. The fraction of sp³-hybridized carbons (Fsp3) is 0.765. The molecule has 3 fully saturated rings. The number of rotatable bonds is 4. The molecule has 0 saturated heterocycles. The fourth-order valence-corrected chi connectivity index (χ4v) is 4.37. The molecule has 0 aromatic carbocycles. The predicted molar refractivity (Wildman–Crippen MR) is 93.4 cm³/mol. The monoisotopic (exact) mass is 371 g/mol. The van der Waals surface area contributed by atoms with Gasteiger partial charge in [0.05, 0.1) is 11.7 Å². The Balaban J connectivity index is 1.50. The molecule has 25 heavy (non-hydrogen) atoms. The van der Waals surface area contributed by atoms with Gasteiger partial charge in [0.15, 0.2) is 0 Å². The highest BCUT2D eigenvalue weighted by Gasteiger charge is 2.44. The summed E-state index contributed by atoms with van der Waals surface area (Å²) in [6.07, 6.45) is 2.84. The summed E-state index contributed by atoms with van der Waals surface area (Å²) >= 11 is 0. The molecular formula is C17H24F2N3O2P. The molecule has 1 heterocycles. The molecule has 1 N–H and O–H groups in total. The number of nitrogens with zero attached hydrogens (tertiary/aromatic N) is 2. The number of hydrogen-bond acceptors (Lipinski definition) is 3. The van der Waals surface area contributed by atoms with Gasteiger partial charge in [0, 0.05) is 24.3 Å². The molecule has 1 aromatic rings. The van der Waals surface area contributed by atoms with Crippen LogP contribution in [0.2, 0.25) is 0 Å². The van der Waals surface area contributed by atoms with Crippen molar-refractivity contribution >= 4 is 21.2 Å². The maximum Gasteiger partial charge on any atom is 0.413 e. The van der Waals surface area contributed by atoms with E-state index in [9.17, 15) is 13.6 Å². The molecule has 138 valence electrons. The second-order valence-corrected chi connectivity index (χ2v) is 8.78. The zero-order valence-electron chi connectivity index (χ0n) is 14.3. The summed E-state index contributed by atoms with van der Waals surface area (Å²) in [7, 11) is 2.26.